The van der Waals surface area contributed by atoms with Crippen molar-refractivity contribution < 1.29 is 24.5 Å². The maximum atomic E-state index is 14.0. The van der Waals surface area contributed by atoms with Crippen LogP contribution in [-0.2, 0) is 4.79 Å². The van der Waals surface area contributed by atoms with E-state index < -0.39 is 35.2 Å². The number of benzene rings is 2. The van der Waals surface area contributed by atoms with Crippen LogP contribution in [0.15, 0.2) is 11.0 Å². The molecular weight excluding hydrogens is 549 g/mol. The number of aromatic hydroxyl groups is 2. The van der Waals surface area contributed by atoms with Crippen LogP contribution < -0.4 is 53.9 Å². The number of hydrogen-bond donors (Lipinski definition) is 2. The van der Waals surface area contributed by atoms with Crippen molar-refractivity contribution in [1.82, 2.24) is 14.7 Å². The van der Waals surface area contributed by atoms with Crippen LogP contribution in [0.25, 0.3) is 0 Å². The van der Waals surface area contributed by atoms with Crippen LogP contribution in [0.2, 0.25) is 0 Å². The largest absolute Gasteiger partial charge is 0.509 e. The molecule has 0 saturated carbocycles. The molecule has 9 nitrogen and oxygen atoms in total. The fraction of sp³-hybridized carbons (Fsp3) is 0.333. The quantitative estimate of drug-likeness (QED) is 0.167. The van der Waals surface area contributed by atoms with Crippen LogP contribution >= 0.6 is 0 Å². The molecule has 0 bridgehead atoms. The monoisotopic (exact) mass is 587 g/mol. The molecule has 1 aromatic heterocycles. The first-order valence-corrected chi connectivity index (χ1v) is 15.2. The molecule has 220 valence electrons. The van der Waals surface area contributed by atoms with E-state index in [0.29, 0.717) is 22.0 Å². The van der Waals surface area contributed by atoms with Crippen molar-refractivity contribution in [3.05, 3.63) is 33.2 Å². The third kappa shape index (κ3) is 5.22. The Hall–Kier alpha value is -3.62. The highest BCUT2D eigenvalue weighted by Gasteiger charge is 2.43. The van der Waals surface area contributed by atoms with Gasteiger partial charge in [-0.2, -0.15) is 5.10 Å². The number of aromatic nitrogens is 2. The number of amides is 1. The maximum absolute atomic E-state index is 14.0. The van der Waals surface area contributed by atoms with Crippen LogP contribution in [0.4, 0.5) is 0 Å². The van der Waals surface area contributed by atoms with Gasteiger partial charge in [-0.3, -0.25) is 19.1 Å². The molecule has 0 spiro atoms. The maximum Gasteiger partial charge on any atom is 0.313 e. The van der Waals surface area contributed by atoms with Gasteiger partial charge in [-0.05, 0) is 19.3 Å². The van der Waals surface area contributed by atoms with Crippen molar-refractivity contribution in [3.63, 3.8) is 0 Å². The third-order valence-corrected chi connectivity index (χ3v) is 9.78. The number of hydrogen-bond acceptors (Lipinski definition) is 7. The molecule has 2 N–H and O–H groups in total. The van der Waals surface area contributed by atoms with E-state index in [-0.39, 0.29) is 35.5 Å². The van der Waals surface area contributed by atoms with E-state index >= 15 is 0 Å². The number of esters is 1. The van der Waals surface area contributed by atoms with Gasteiger partial charge >= 0.3 is 5.97 Å². The lowest BCUT2D eigenvalue weighted by molar-refractivity contribution is -0.137. The Morgan fingerprint density at radius 1 is 0.818 bits per heavy atom. The van der Waals surface area contributed by atoms with Crippen molar-refractivity contribution in [2.45, 2.75) is 45.7 Å². The van der Waals surface area contributed by atoms with Gasteiger partial charge in [0, 0.05) is 24.1 Å². The fourth-order valence-electron chi connectivity index (χ4n) is 6.45. The minimum absolute atomic E-state index is 0.0551. The van der Waals surface area contributed by atoms with Crippen molar-refractivity contribution in [1.29, 1.82) is 0 Å². The van der Waals surface area contributed by atoms with Crippen molar-refractivity contribution >= 4 is 118 Å². The molecular formula is C27H37B8N3O6. The minimum atomic E-state index is -0.670. The molecule has 2 heterocycles. The number of fused-ring (bicyclic) bond motifs is 1. The normalized spacial score (nSPS) is 15.5. The van der Waals surface area contributed by atoms with Gasteiger partial charge in [0.05, 0.1) is 18.2 Å². The van der Waals surface area contributed by atoms with E-state index in [4.69, 9.17) is 4.74 Å². The first-order valence-electron chi connectivity index (χ1n) is 15.2. The molecule has 0 radical (unpaired) electrons. The van der Waals surface area contributed by atoms with Gasteiger partial charge in [0.25, 0.3) is 5.91 Å². The molecule has 17 heteroatoms. The third-order valence-electron chi connectivity index (χ3n) is 9.78. The zero-order valence-electron chi connectivity index (χ0n) is 28.0. The first-order chi connectivity index (χ1) is 20.4. The molecule has 0 saturated heterocycles. The lowest BCUT2D eigenvalue weighted by Crippen LogP contribution is -2.58. The second-order valence-corrected chi connectivity index (χ2v) is 12.8. The summed E-state index contributed by atoms with van der Waals surface area (Å²) in [4.78, 5) is 41.6. The standard InChI is InChI=1S/C27H37B8N3O6/c1-7(2)27(43)44-25-10(39)5-36-38-9(6-37(8(3)4)26(42)22(25)38)11(12-14(28)17(31)19(33)18(32)15(12)29)13-16(30)24(41)21(35)20(34)23(13)40/h5,7-9,11,40-41H,6,28-35H2,1-4H3/t9-,11?/m1/s1. The van der Waals surface area contributed by atoms with Gasteiger partial charge in [-0.1, -0.05) is 41.3 Å². The summed E-state index contributed by atoms with van der Waals surface area (Å²) in [5.74, 6) is -2.47. The summed E-state index contributed by atoms with van der Waals surface area (Å²) in [5, 5.41) is 27.6. The Labute approximate surface area is 265 Å². The highest BCUT2D eigenvalue weighted by atomic mass is 16.5. The summed E-state index contributed by atoms with van der Waals surface area (Å²) in [5.41, 5.74) is 7.76. The first kappa shape index (κ1) is 33.3. The van der Waals surface area contributed by atoms with Gasteiger partial charge < -0.3 is 19.8 Å². The molecule has 0 aliphatic carbocycles. The molecule has 3 aromatic rings. The van der Waals surface area contributed by atoms with E-state index in [9.17, 15) is 24.6 Å². The Kier molecular flexibility index (Phi) is 9.11. The van der Waals surface area contributed by atoms with Gasteiger partial charge in [-0.25, -0.2) is 0 Å². The lowest BCUT2D eigenvalue weighted by Gasteiger charge is -2.43. The second kappa shape index (κ2) is 12.1. The SMILES string of the molecule is Bc1c(B)c(B)c(C(c2c(B)c(O)c(B)c(B)c2O)[C@H]2CN(C(C)C)C(=O)c3c(OC(=O)C(C)C)c(=O)cnn32)c(B)c1B. The molecule has 0 fully saturated rings. The van der Waals surface area contributed by atoms with Gasteiger partial charge in [0.1, 0.15) is 74.3 Å². The Bertz CT molecular complexity index is 1650. The number of carbonyl (C=O) groups excluding carboxylic acids is 2. The Balaban J connectivity index is 2.21. The number of phenolic OH excluding ortho intramolecular Hbond substituents is 2. The summed E-state index contributed by atoms with van der Waals surface area (Å²) < 4.78 is 7.09. The van der Waals surface area contributed by atoms with Crippen molar-refractivity contribution in [2.24, 2.45) is 5.92 Å². The minimum Gasteiger partial charge on any atom is -0.509 e. The number of phenols is 2. The van der Waals surface area contributed by atoms with E-state index in [1.165, 1.54) is 10.1 Å². The highest BCUT2D eigenvalue weighted by Crippen LogP contribution is 2.41. The van der Waals surface area contributed by atoms with E-state index in [0.717, 1.165) is 33.6 Å². The van der Waals surface area contributed by atoms with Crippen LogP contribution in [0, 0.1) is 5.92 Å². The van der Waals surface area contributed by atoms with Crippen LogP contribution in [-0.4, -0.2) is 112 Å². The van der Waals surface area contributed by atoms with Gasteiger partial charge in [-0.15, -0.1) is 16.4 Å². The van der Waals surface area contributed by atoms with Crippen molar-refractivity contribution in [2.75, 3.05) is 6.54 Å². The molecule has 1 amide bonds. The summed E-state index contributed by atoms with van der Waals surface area (Å²) in [6.45, 7) is 7.27. The number of ether oxygens (including phenoxy) is 1. The number of carbonyl (C=O) groups is 2. The summed E-state index contributed by atoms with van der Waals surface area (Å²) in [6, 6.07) is -0.915. The molecule has 44 heavy (non-hydrogen) atoms. The number of nitrogens with zero attached hydrogens (tertiary/aromatic N) is 3. The average molecular weight is 586 g/mol. The van der Waals surface area contributed by atoms with Crippen LogP contribution in [0.1, 0.15) is 61.3 Å². The number of rotatable bonds is 6. The zero-order valence-corrected chi connectivity index (χ0v) is 28.0. The summed E-state index contributed by atoms with van der Waals surface area (Å²) >= 11 is 0. The molecule has 4 rings (SSSR count). The van der Waals surface area contributed by atoms with Crippen molar-refractivity contribution in [3.8, 4) is 17.2 Å². The Morgan fingerprint density at radius 2 is 1.34 bits per heavy atom. The van der Waals surface area contributed by atoms with Crippen LogP contribution in [0.5, 0.6) is 17.2 Å². The predicted octanol–water partition coefficient (Wildman–Crippen LogP) is -10.5. The Morgan fingerprint density at radius 3 is 1.86 bits per heavy atom. The molecule has 1 unspecified atom stereocenters. The average Bonchev–Trinajstić information content (AvgIpc) is 2.97. The molecule has 2 aromatic carbocycles. The molecule has 1 aliphatic heterocycles. The van der Waals surface area contributed by atoms with Crippen LogP contribution in [0.3, 0.4) is 0 Å². The molecule has 2 atom stereocenters. The van der Waals surface area contributed by atoms with Gasteiger partial charge in [0.15, 0.2) is 5.69 Å². The predicted molar refractivity (Wildman–Crippen MR) is 198 cm³/mol. The summed E-state index contributed by atoms with van der Waals surface area (Å²) in [7, 11) is 15.6. The smallest absolute Gasteiger partial charge is 0.313 e. The van der Waals surface area contributed by atoms with E-state index in [2.05, 4.69) is 28.6 Å². The van der Waals surface area contributed by atoms with E-state index in [1.807, 2.05) is 29.5 Å². The highest BCUT2D eigenvalue weighted by molar-refractivity contribution is 6.67. The van der Waals surface area contributed by atoms with Gasteiger partial charge in [0.2, 0.25) is 11.2 Å². The topological polar surface area (TPSA) is 122 Å². The second-order valence-electron chi connectivity index (χ2n) is 12.8. The zero-order chi connectivity index (χ0) is 33.1. The molecule has 1 aliphatic rings. The summed E-state index contributed by atoms with van der Waals surface area (Å²) in [6.07, 6.45) is 1.07. The van der Waals surface area contributed by atoms with E-state index in [1.54, 1.807) is 42.3 Å². The fourth-order valence-corrected chi connectivity index (χ4v) is 6.45. The lowest BCUT2D eigenvalue weighted by atomic mass is 9.57.